The first-order valence-corrected chi connectivity index (χ1v) is 5.06. The maximum Gasteiger partial charge on any atom is 0.0429 e. The molecule has 0 aliphatic carbocycles. The molecule has 0 saturated heterocycles. The first kappa shape index (κ1) is 9.53. The van der Waals surface area contributed by atoms with E-state index >= 15 is 0 Å². The average Bonchev–Trinajstić information content (AvgIpc) is 2.15. The van der Waals surface area contributed by atoms with E-state index in [1.54, 1.807) is 0 Å². The van der Waals surface area contributed by atoms with E-state index in [0.717, 1.165) is 6.42 Å². The molecule has 64 valence electrons. The molecule has 0 aliphatic heterocycles. The molecular formula is C11H13Br. The molecule has 0 spiro atoms. The minimum atomic E-state index is 0.454. The molecule has 0 radical (unpaired) electrons. The number of rotatable bonds is 3. The molecule has 1 aromatic rings. The average molecular weight is 225 g/mol. The Morgan fingerprint density at radius 1 is 1.33 bits per heavy atom. The fourth-order valence-electron chi connectivity index (χ4n) is 1.05. The summed E-state index contributed by atoms with van der Waals surface area (Å²) >= 11 is 3.64. The van der Waals surface area contributed by atoms with Crippen LogP contribution in [0.1, 0.15) is 23.7 Å². The smallest absolute Gasteiger partial charge is 0.0429 e. The summed E-state index contributed by atoms with van der Waals surface area (Å²) in [5.74, 6) is 0. The molecule has 12 heavy (non-hydrogen) atoms. The van der Waals surface area contributed by atoms with Crippen LogP contribution in [0.4, 0.5) is 0 Å². The fraction of sp³-hybridized carbons (Fsp3) is 0.273. The van der Waals surface area contributed by atoms with Crippen molar-refractivity contribution >= 4 is 15.9 Å². The first-order valence-electron chi connectivity index (χ1n) is 4.14. The van der Waals surface area contributed by atoms with Crippen molar-refractivity contribution < 1.29 is 0 Å². The van der Waals surface area contributed by atoms with Crippen molar-refractivity contribution in [2.24, 2.45) is 0 Å². The third-order valence-corrected chi connectivity index (χ3v) is 2.64. The molecule has 1 heteroatoms. The third kappa shape index (κ3) is 2.82. The molecule has 0 heterocycles. The maximum absolute atomic E-state index is 3.64. The summed E-state index contributed by atoms with van der Waals surface area (Å²) in [6.07, 6.45) is 5.31. The summed E-state index contributed by atoms with van der Waals surface area (Å²) in [6, 6.07) is 10.5. The second kappa shape index (κ2) is 5.15. The largest absolute Gasteiger partial charge is 0.0916 e. The van der Waals surface area contributed by atoms with E-state index in [1.807, 2.05) is 13.0 Å². The van der Waals surface area contributed by atoms with Crippen LogP contribution in [0, 0.1) is 0 Å². The predicted molar refractivity (Wildman–Crippen MR) is 57.5 cm³/mol. The van der Waals surface area contributed by atoms with Gasteiger partial charge < -0.3 is 0 Å². The van der Waals surface area contributed by atoms with Crippen LogP contribution in [0.5, 0.6) is 0 Å². The number of benzene rings is 1. The quantitative estimate of drug-likeness (QED) is 0.536. The highest BCUT2D eigenvalue weighted by atomic mass is 79.9. The zero-order valence-electron chi connectivity index (χ0n) is 7.20. The van der Waals surface area contributed by atoms with Gasteiger partial charge in [-0.05, 0) is 18.9 Å². The van der Waals surface area contributed by atoms with Crippen LogP contribution in [-0.2, 0) is 0 Å². The summed E-state index contributed by atoms with van der Waals surface area (Å²) in [5, 5.41) is 0. The Kier molecular flexibility index (Phi) is 4.09. The summed E-state index contributed by atoms with van der Waals surface area (Å²) in [4.78, 5) is 0.454. The van der Waals surface area contributed by atoms with Crippen LogP contribution in [0.25, 0.3) is 0 Å². The van der Waals surface area contributed by atoms with E-state index in [-0.39, 0.29) is 0 Å². The molecule has 0 fully saturated rings. The van der Waals surface area contributed by atoms with E-state index in [9.17, 15) is 0 Å². The lowest BCUT2D eigenvalue weighted by atomic mass is 10.1. The second-order valence-electron chi connectivity index (χ2n) is 2.68. The van der Waals surface area contributed by atoms with E-state index in [2.05, 4.69) is 52.3 Å². The van der Waals surface area contributed by atoms with Gasteiger partial charge in [-0.2, -0.15) is 0 Å². The maximum atomic E-state index is 3.64. The van der Waals surface area contributed by atoms with Crippen molar-refractivity contribution in [1.82, 2.24) is 0 Å². The van der Waals surface area contributed by atoms with Crippen LogP contribution in [0.15, 0.2) is 42.5 Å². The van der Waals surface area contributed by atoms with Gasteiger partial charge in [-0.15, -0.1) is 0 Å². The number of hydrogen-bond acceptors (Lipinski definition) is 0. The number of halogens is 1. The van der Waals surface area contributed by atoms with Crippen molar-refractivity contribution in [1.29, 1.82) is 0 Å². The Bertz CT molecular complexity index is 238. The topological polar surface area (TPSA) is 0 Å². The van der Waals surface area contributed by atoms with Gasteiger partial charge in [0.05, 0.1) is 0 Å². The highest BCUT2D eigenvalue weighted by molar-refractivity contribution is 9.09. The van der Waals surface area contributed by atoms with Crippen molar-refractivity contribution in [3.63, 3.8) is 0 Å². The van der Waals surface area contributed by atoms with Crippen molar-refractivity contribution in [3.8, 4) is 0 Å². The van der Waals surface area contributed by atoms with Crippen molar-refractivity contribution in [2.75, 3.05) is 0 Å². The van der Waals surface area contributed by atoms with Crippen molar-refractivity contribution in [3.05, 3.63) is 48.0 Å². The molecule has 1 atom stereocenters. The number of alkyl halides is 1. The Hall–Kier alpha value is -0.560. The molecule has 0 bridgehead atoms. The van der Waals surface area contributed by atoms with Crippen molar-refractivity contribution in [2.45, 2.75) is 18.2 Å². The van der Waals surface area contributed by atoms with Gasteiger partial charge in [0.1, 0.15) is 0 Å². The highest BCUT2D eigenvalue weighted by Crippen LogP contribution is 2.25. The van der Waals surface area contributed by atoms with Gasteiger partial charge in [0.2, 0.25) is 0 Å². The zero-order valence-corrected chi connectivity index (χ0v) is 8.79. The Morgan fingerprint density at radius 3 is 2.58 bits per heavy atom. The second-order valence-corrected chi connectivity index (χ2v) is 3.79. The van der Waals surface area contributed by atoms with Crippen LogP contribution < -0.4 is 0 Å². The van der Waals surface area contributed by atoms with Crippen LogP contribution >= 0.6 is 15.9 Å². The number of allylic oxidation sites excluding steroid dienone is 2. The lowest BCUT2D eigenvalue weighted by Crippen LogP contribution is -1.86. The molecule has 1 rings (SSSR count). The molecular weight excluding hydrogens is 212 g/mol. The normalized spacial score (nSPS) is 13.5. The fourth-order valence-corrected chi connectivity index (χ4v) is 1.57. The molecule has 0 aromatic heterocycles. The molecule has 1 unspecified atom stereocenters. The summed E-state index contributed by atoms with van der Waals surface area (Å²) in [6.45, 7) is 2.05. The van der Waals surface area contributed by atoms with Crippen LogP contribution in [0.3, 0.4) is 0 Å². The SMILES string of the molecule is C/C=C/CC(Br)c1ccccc1. The van der Waals surface area contributed by atoms with Crippen LogP contribution in [0.2, 0.25) is 0 Å². The highest BCUT2D eigenvalue weighted by Gasteiger charge is 2.02. The summed E-state index contributed by atoms with van der Waals surface area (Å²) in [7, 11) is 0. The molecule has 0 nitrogen and oxygen atoms in total. The number of hydrogen-bond donors (Lipinski definition) is 0. The van der Waals surface area contributed by atoms with Gasteiger partial charge in [-0.3, -0.25) is 0 Å². The minimum Gasteiger partial charge on any atom is -0.0916 e. The third-order valence-electron chi connectivity index (χ3n) is 1.74. The Balaban J connectivity index is 2.59. The lowest BCUT2D eigenvalue weighted by Gasteiger charge is -2.05. The van der Waals surface area contributed by atoms with Gasteiger partial charge in [0, 0.05) is 4.83 Å². The van der Waals surface area contributed by atoms with E-state index < -0.39 is 0 Å². The Morgan fingerprint density at radius 2 is 2.00 bits per heavy atom. The van der Waals surface area contributed by atoms with E-state index in [4.69, 9.17) is 0 Å². The van der Waals surface area contributed by atoms with E-state index in [0.29, 0.717) is 4.83 Å². The van der Waals surface area contributed by atoms with Gasteiger partial charge in [-0.25, -0.2) is 0 Å². The van der Waals surface area contributed by atoms with Crippen LogP contribution in [-0.4, -0.2) is 0 Å². The summed E-state index contributed by atoms with van der Waals surface area (Å²) < 4.78 is 0. The molecule has 0 amide bonds. The van der Waals surface area contributed by atoms with Gasteiger partial charge in [-0.1, -0.05) is 58.4 Å². The zero-order chi connectivity index (χ0) is 8.81. The first-order chi connectivity index (χ1) is 5.84. The Labute approximate surface area is 82.4 Å². The molecule has 0 aliphatic rings. The molecule has 1 aromatic carbocycles. The molecule has 0 N–H and O–H groups in total. The van der Waals surface area contributed by atoms with E-state index in [1.165, 1.54) is 5.56 Å². The minimum absolute atomic E-state index is 0.454. The predicted octanol–water partition coefficient (Wildman–Crippen LogP) is 4.09. The molecule has 0 saturated carbocycles. The lowest BCUT2D eigenvalue weighted by molar-refractivity contribution is 0.987. The van der Waals surface area contributed by atoms with Gasteiger partial charge >= 0.3 is 0 Å². The van der Waals surface area contributed by atoms with Gasteiger partial charge in [0.15, 0.2) is 0 Å². The summed E-state index contributed by atoms with van der Waals surface area (Å²) in [5.41, 5.74) is 1.34. The standard InChI is InChI=1S/C11H13Br/c1-2-3-9-11(12)10-7-5-4-6-8-10/h2-8,11H,9H2,1H3/b3-2+. The monoisotopic (exact) mass is 224 g/mol. The van der Waals surface area contributed by atoms with Gasteiger partial charge in [0.25, 0.3) is 0 Å².